The van der Waals surface area contributed by atoms with Crippen LogP contribution in [0.2, 0.25) is 0 Å². The van der Waals surface area contributed by atoms with E-state index in [0.29, 0.717) is 5.13 Å². The van der Waals surface area contributed by atoms with Crippen LogP contribution in [0.5, 0.6) is 0 Å². The Bertz CT molecular complexity index is 421. The molecule has 0 saturated heterocycles. The number of rotatable bonds is 2. The molecule has 1 heterocycles. The molecule has 2 N–H and O–H groups in total. The van der Waals surface area contributed by atoms with Gasteiger partial charge in [0.1, 0.15) is 0 Å². The maximum absolute atomic E-state index is 11.5. The first-order valence-electron chi connectivity index (χ1n) is 4.90. The molecule has 15 heavy (non-hydrogen) atoms. The fraction of sp³-hybridized carbons (Fsp3) is 0.600. The number of esters is 1. The van der Waals surface area contributed by atoms with Gasteiger partial charge in [-0.15, -0.1) is 11.3 Å². The molecule has 3 aliphatic rings. The van der Waals surface area contributed by atoms with E-state index in [4.69, 9.17) is 10.5 Å². The van der Waals surface area contributed by atoms with Gasteiger partial charge in [0.2, 0.25) is 0 Å². The van der Waals surface area contributed by atoms with Gasteiger partial charge in [-0.3, -0.25) is 4.79 Å². The van der Waals surface area contributed by atoms with E-state index in [2.05, 4.69) is 4.98 Å². The number of hydrogen-bond acceptors (Lipinski definition) is 5. The van der Waals surface area contributed by atoms with Crippen LogP contribution in [0.25, 0.3) is 0 Å². The van der Waals surface area contributed by atoms with Crippen molar-refractivity contribution < 1.29 is 9.53 Å². The highest BCUT2D eigenvalue weighted by molar-refractivity contribution is 7.13. The lowest BCUT2D eigenvalue weighted by Crippen LogP contribution is -2.68. The van der Waals surface area contributed by atoms with Crippen molar-refractivity contribution in [3.05, 3.63) is 11.1 Å². The molecular weight excluding hydrogens is 212 g/mol. The molecular formula is C10H12N2O2S. The molecule has 4 nitrogen and oxygen atoms in total. The molecule has 0 spiro atoms. The van der Waals surface area contributed by atoms with Crippen molar-refractivity contribution in [3.8, 4) is 0 Å². The number of ether oxygens (including phenoxy) is 1. The summed E-state index contributed by atoms with van der Waals surface area (Å²) in [5.41, 5.74) is 6.63. The molecule has 1 aromatic rings. The van der Waals surface area contributed by atoms with Crippen LogP contribution in [0.1, 0.15) is 25.0 Å². The maximum Gasteiger partial charge on any atom is 0.311 e. The average Bonchev–Trinajstić information content (AvgIpc) is 2.47. The van der Waals surface area contributed by atoms with Crippen molar-refractivity contribution in [3.63, 3.8) is 0 Å². The van der Waals surface area contributed by atoms with Crippen LogP contribution >= 0.6 is 11.3 Å². The van der Waals surface area contributed by atoms with Gasteiger partial charge >= 0.3 is 5.97 Å². The van der Waals surface area contributed by atoms with E-state index < -0.39 is 0 Å². The summed E-state index contributed by atoms with van der Waals surface area (Å²) in [6, 6.07) is 0. The van der Waals surface area contributed by atoms with Crippen LogP contribution in [-0.2, 0) is 14.9 Å². The van der Waals surface area contributed by atoms with Crippen molar-refractivity contribution in [2.75, 3.05) is 12.8 Å². The number of nitrogen functional groups attached to an aromatic ring is 1. The van der Waals surface area contributed by atoms with E-state index in [0.717, 1.165) is 25.0 Å². The third-order valence-corrected chi connectivity index (χ3v) is 4.39. The second kappa shape index (κ2) is 2.52. The number of methoxy groups -OCH3 is 1. The average molecular weight is 224 g/mol. The predicted molar refractivity (Wildman–Crippen MR) is 56.5 cm³/mol. The maximum atomic E-state index is 11.5. The van der Waals surface area contributed by atoms with Gasteiger partial charge in [0, 0.05) is 10.8 Å². The quantitative estimate of drug-likeness (QED) is 0.769. The minimum Gasteiger partial charge on any atom is -0.469 e. The molecule has 3 saturated carbocycles. The number of anilines is 1. The fourth-order valence-electron chi connectivity index (χ4n) is 3.02. The van der Waals surface area contributed by atoms with Gasteiger partial charge in [0.05, 0.1) is 18.2 Å². The Morgan fingerprint density at radius 3 is 2.73 bits per heavy atom. The fourth-order valence-corrected chi connectivity index (χ4v) is 3.71. The predicted octanol–water partition coefficient (Wildman–Crippen LogP) is 1.32. The zero-order chi connectivity index (χ0) is 10.7. The molecule has 80 valence electrons. The van der Waals surface area contributed by atoms with Crippen LogP contribution in [0.15, 0.2) is 5.38 Å². The van der Waals surface area contributed by atoms with Crippen molar-refractivity contribution in [2.24, 2.45) is 5.41 Å². The molecule has 2 bridgehead atoms. The van der Waals surface area contributed by atoms with Crippen LogP contribution < -0.4 is 5.73 Å². The van der Waals surface area contributed by atoms with Gasteiger partial charge in [0.15, 0.2) is 5.13 Å². The monoisotopic (exact) mass is 224 g/mol. The summed E-state index contributed by atoms with van der Waals surface area (Å²) in [5, 5.41) is 2.62. The number of aromatic nitrogens is 1. The summed E-state index contributed by atoms with van der Waals surface area (Å²) in [7, 11) is 1.45. The van der Waals surface area contributed by atoms with E-state index in [1.54, 1.807) is 0 Å². The number of nitrogens with zero attached hydrogens (tertiary/aromatic N) is 1. The summed E-state index contributed by atoms with van der Waals surface area (Å²) >= 11 is 1.47. The van der Waals surface area contributed by atoms with Crippen molar-refractivity contribution in [1.29, 1.82) is 0 Å². The number of nitrogens with two attached hydrogens (primary N) is 1. The van der Waals surface area contributed by atoms with Gasteiger partial charge in [-0.25, -0.2) is 4.98 Å². The van der Waals surface area contributed by atoms with Crippen molar-refractivity contribution in [1.82, 2.24) is 4.98 Å². The van der Waals surface area contributed by atoms with Gasteiger partial charge in [0.25, 0.3) is 0 Å². The van der Waals surface area contributed by atoms with Crippen LogP contribution in [-0.4, -0.2) is 18.1 Å². The molecule has 0 aromatic carbocycles. The van der Waals surface area contributed by atoms with Gasteiger partial charge in [-0.1, -0.05) is 0 Å². The standard InChI is InChI=1S/C10H12N2O2S/c1-14-7(13)10-3-9(4-10,5-10)6-2-15-8(11)12-6/h2H,3-5H2,1H3,(H2,11,12). The lowest BCUT2D eigenvalue weighted by atomic mass is 9.34. The first kappa shape index (κ1) is 9.15. The van der Waals surface area contributed by atoms with Crippen LogP contribution in [0.4, 0.5) is 5.13 Å². The zero-order valence-electron chi connectivity index (χ0n) is 8.45. The molecule has 0 radical (unpaired) electrons. The summed E-state index contributed by atoms with van der Waals surface area (Å²) in [4.78, 5) is 15.8. The topological polar surface area (TPSA) is 65.2 Å². The minimum atomic E-state index is -0.187. The summed E-state index contributed by atoms with van der Waals surface area (Å²) in [6.45, 7) is 0. The highest BCUT2D eigenvalue weighted by Crippen LogP contribution is 2.73. The number of thiazole rings is 1. The van der Waals surface area contributed by atoms with Crippen LogP contribution in [0.3, 0.4) is 0 Å². The van der Waals surface area contributed by atoms with E-state index in [9.17, 15) is 4.79 Å². The Labute approximate surface area is 91.4 Å². The Morgan fingerprint density at radius 1 is 1.60 bits per heavy atom. The minimum absolute atomic E-state index is 0.0624. The second-order valence-electron chi connectivity index (χ2n) is 4.65. The zero-order valence-corrected chi connectivity index (χ0v) is 9.26. The number of carbonyl (C=O) groups is 1. The number of carbonyl (C=O) groups excluding carboxylic acids is 1. The van der Waals surface area contributed by atoms with E-state index >= 15 is 0 Å². The summed E-state index contributed by atoms with van der Waals surface area (Å²) in [6.07, 6.45) is 2.65. The SMILES string of the molecule is COC(=O)C12CC(c3csc(N)n3)(C1)C2. The molecule has 5 heteroatoms. The van der Waals surface area contributed by atoms with Gasteiger partial charge < -0.3 is 10.5 Å². The Balaban J connectivity index is 1.78. The molecule has 0 aliphatic heterocycles. The van der Waals surface area contributed by atoms with Crippen LogP contribution in [0, 0.1) is 5.41 Å². The molecule has 0 amide bonds. The molecule has 0 atom stereocenters. The molecule has 3 fully saturated rings. The first-order chi connectivity index (χ1) is 7.10. The van der Waals surface area contributed by atoms with E-state index in [-0.39, 0.29) is 16.8 Å². The lowest BCUT2D eigenvalue weighted by Gasteiger charge is -2.67. The lowest BCUT2D eigenvalue weighted by molar-refractivity contribution is -0.198. The Morgan fingerprint density at radius 2 is 2.27 bits per heavy atom. The number of hydrogen-bond donors (Lipinski definition) is 1. The van der Waals surface area contributed by atoms with Crippen molar-refractivity contribution >= 4 is 22.4 Å². The largest absolute Gasteiger partial charge is 0.469 e. The Kier molecular flexibility index (Phi) is 1.54. The van der Waals surface area contributed by atoms with E-state index in [1.165, 1.54) is 18.4 Å². The first-order valence-corrected chi connectivity index (χ1v) is 5.78. The smallest absolute Gasteiger partial charge is 0.311 e. The highest BCUT2D eigenvalue weighted by Gasteiger charge is 2.73. The van der Waals surface area contributed by atoms with Gasteiger partial charge in [-0.2, -0.15) is 0 Å². The summed E-state index contributed by atoms with van der Waals surface area (Å²) in [5.74, 6) is -0.0624. The molecule has 3 aliphatic carbocycles. The van der Waals surface area contributed by atoms with Crippen molar-refractivity contribution in [2.45, 2.75) is 24.7 Å². The Hall–Kier alpha value is -1.10. The normalized spacial score (nSPS) is 36.6. The third kappa shape index (κ3) is 0.963. The van der Waals surface area contributed by atoms with E-state index in [1.807, 2.05) is 5.38 Å². The molecule has 0 unspecified atom stereocenters. The summed E-state index contributed by atoms with van der Waals surface area (Å²) < 4.78 is 4.80. The van der Waals surface area contributed by atoms with Gasteiger partial charge in [-0.05, 0) is 19.3 Å². The highest BCUT2D eigenvalue weighted by atomic mass is 32.1. The second-order valence-corrected chi connectivity index (χ2v) is 5.54. The molecule has 4 rings (SSSR count). The molecule has 1 aromatic heterocycles. The third-order valence-electron chi connectivity index (χ3n) is 3.71.